The largest absolute Gasteiger partial charge is 0.494 e. The lowest BCUT2D eigenvalue weighted by Gasteiger charge is -2.48. The van der Waals surface area contributed by atoms with E-state index in [0.29, 0.717) is 11.6 Å². The minimum absolute atomic E-state index is 0.0497. The van der Waals surface area contributed by atoms with Crippen LogP contribution in [-0.4, -0.2) is 54.6 Å². The van der Waals surface area contributed by atoms with Gasteiger partial charge >= 0.3 is 0 Å². The Morgan fingerprint density at radius 1 is 1.10 bits per heavy atom. The van der Waals surface area contributed by atoms with Gasteiger partial charge in [-0.15, -0.1) is 0 Å². The number of carbonyl (C=O) groups is 1. The van der Waals surface area contributed by atoms with E-state index in [1.165, 1.54) is 18.6 Å². The van der Waals surface area contributed by atoms with E-state index in [1.54, 1.807) is 19.4 Å². The first-order valence-corrected chi connectivity index (χ1v) is 10.7. The fraction of sp³-hybridized carbons (Fsp3) is 0.478. The first kappa shape index (κ1) is 20.6. The molecule has 1 aliphatic carbocycles. The van der Waals surface area contributed by atoms with Gasteiger partial charge in [0, 0.05) is 38.4 Å². The van der Waals surface area contributed by atoms with Gasteiger partial charge in [0.1, 0.15) is 22.9 Å². The summed E-state index contributed by atoms with van der Waals surface area (Å²) in [7, 11) is 1.56. The van der Waals surface area contributed by atoms with E-state index in [-0.39, 0.29) is 11.7 Å². The molecule has 1 saturated carbocycles. The minimum atomic E-state index is -0.491. The lowest BCUT2D eigenvalue weighted by molar-refractivity contribution is -0.131. The van der Waals surface area contributed by atoms with Crippen molar-refractivity contribution in [2.75, 3.05) is 43.5 Å². The van der Waals surface area contributed by atoms with Crippen LogP contribution < -0.4 is 15.0 Å². The molecule has 1 aromatic carbocycles. The molecule has 1 N–H and O–H groups in total. The number of benzene rings is 1. The molecule has 0 atom stereocenters. The van der Waals surface area contributed by atoms with E-state index >= 15 is 0 Å². The second-order valence-corrected chi connectivity index (χ2v) is 8.05. The number of hydrogen-bond donors (Lipinski definition) is 1. The van der Waals surface area contributed by atoms with E-state index < -0.39 is 5.54 Å². The van der Waals surface area contributed by atoms with Crippen molar-refractivity contribution in [2.24, 2.45) is 0 Å². The van der Waals surface area contributed by atoms with Crippen molar-refractivity contribution in [3.63, 3.8) is 0 Å². The summed E-state index contributed by atoms with van der Waals surface area (Å²) in [6.45, 7) is 3.08. The van der Waals surface area contributed by atoms with Gasteiger partial charge in [-0.25, -0.2) is 9.37 Å². The lowest BCUT2D eigenvalue weighted by atomic mass is 9.79. The van der Waals surface area contributed by atoms with Crippen LogP contribution in [0.25, 0.3) is 0 Å². The van der Waals surface area contributed by atoms with Gasteiger partial charge < -0.3 is 15.0 Å². The fourth-order valence-corrected chi connectivity index (χ4v) is 4.78. The molecule has 1 aromatic heterocycles. The molecule has 4 rings (SSSR count). The molecule has 0 bridgehead atoms. The third-order valence-electron chi connectivity index (χ3n) is 6.38. The highest BCUT2D eigenvalue weighted by molar-refractivity contribution is 5.97. The van der Waals surface area contributed by atoms with Crippen molar-refractivity contribution in [1.82, 2.24) is 9.88 Å². The molecule has 30 heavy (non-hydrogen) atoms. The molecular formula is C23H29FN4O2. The number of methoxy groups -OCH3 is 1. The second kappa shape index (κ2) is 9.00. The maximum absolute atomic E-state index is 13.6. The molecule has 0 unspecified atom stereocenters. The quantitative estimate of drug-likeness (QED) is 0.812. The van der Waals surface area contributed by atoms with E-state index in [2.05, 4.69) is 20.1 Å². The fourth-order valence-electron chi connectivity index (χ4n) is 4.78. The smallest absolute Gasteiger partial charge is 0.246 e. The molecule has 1 amide bonds. The van der Waals surface area contributed by atoms with Gasteiger partial charge in [0.2, 0.25) is 5.91 Å². The zero-order valence-electron chi connectivity index (χ0n) is 17.4. The number of halogens is 1. The second-order valence-electron chi connectivity index (χ2n) is 8.05. The van der Waals surface area contributed by atoms with Gasteiger partial charge in [-0.3, -0.25) is 9.69 Å². The standard InChI is InChI=1S/C23H29FN4O2/c1-30-20-17-18(24)8-9-19(20)27-13-15-28(16-14-27)23(10-4-2-5-11-23)22(29)26-21-7-3-6-12-25-21/h3,6-9,12,17H,2,4-5,10-11,13-16H2,1H3,(H,25,26,29). The Morgan fingerprint density at radius 3 is 2.53 bits per heavy atom. The highest BCUT2D eigenvalue weighted by Crippen LogP contribution is 2.37. The van der Waals surface area contributed by atoms with Crippen molar-refractivity contribution in [3.05, 3.63) is 48.4 Å². The number of aromatic nitrogens is 1. The summed E-state index contributed by atoms with van der Waals surface area (Å²) in [5.74, 6) is 0.890. The Balaban J connectivity index is 1.49. The number of anilines is 2. The van der Waals surface area contributed by atoms with Crippen molar-refractivity contribution >= 4 is 17.4 Å². The summed E-state index contributed by atoms with van der Waals surface area (Å²) in [6.07, 6.45) is 6.71. The van der Waals surface area contributed by atoms with Gasteiger partial charge in [-0.2, -0.15) is 0 Å². The number of pyridine rings is 1. The average molecular weight is 413 g/mol. The number of hydrogen-bond acceptors (Lipinski definition) is 5. The van der Waals surface area contributed by atoms with E-state index in [1.807, 2.05) is 18.2 Å². The molecule has 1 saturated heterocycles. The number of nitrogens with one attached hydrogen (secondary N) is 1. The van der Waals surface area contributed by atoms with Crippen LogP contribution >= 0.6 is 0 Å². The van der Waals surface area contributed by atoms with Crippen molar-refractivity contribution < 1.29 is 13.9 Å². The van der Waals surface area contributed by atoms with Crippen molar-refractivity contribution in [3.8, 4) is 5.75 Å². The molecule has 2 aliphatic rings. The third-order valence-corrected chi connectivity index (χ3v) is 6.38. The number of carbonyl (C=O) groups excluding carboxylic acids is 1. The van der Waals surface area contributed by atoms with Gasteiger partial charge in [0.15, 0.2) is 0 Å². The monoisotopic (exact) mass is 412 g/mol. The highest BCUT2D eigenvalue weighted by Gasteiger charge is 2.45. The zero-order chi connectivity index (χ0) is 21.0. The van der Waals surface area contributed by atoms with Gasteiger partial charge in [0.05, 0.1) is 12.8 Å². The van der Waals surface area contributed by atoms with Gasteiger partial charge in [-0.1, -0.05) is 25.3 Å². The Labute approximate surface area is 177 Å². The van der Waals surface area contributed by atoms with Crippen LogP contribution in [0, 0.1) is 5.82 Å². The summed E-state index contributed by atoms with van der Waals surface area (Å²) in [5, 5.41) is 3.05. The number of nitrogens with zero attached hydrogens (tertiary/aromatic N) is 3. The predicted octanol–water partition coefficient (Wildman–Crippen LogP) is 3.69. The molecule has 2 heterocycles. The number of piperazine rings is 1. The first-order chi connectivity index (χ1) is 14.6. The maximum atomic E-state index is 13.6. The summed E-state index contributed by atoms with van der Waals surface area (Å²) >= 11 is 0. The van der Waals surface area contributed by atoms with Crippen LogP contribution in [0.3, 0.4) is 0 Å². The molecule has 160 valence electrons. The van der Waals surface area contributed by atoms with E-state index in [0.717, 1.165) is 57.5 Å². The molecule has 0 radical (unpaired) electrons. The van der Waals surface area contributed by atoms with Crippen LogP contribution in [-0.2, 0) is 4.79 Å². The Hall–Kier alpha value is -2.67. The topological polar surface area (TPSA) is 57.7 Å². The third kappa shape index (κ3) is 4.12. The van der Waals surface area contributed by atoms with Crippen LogP contribution in [0.15, 0.2) is 42.6 Å². The molecule has 2 aromatic rings. The molecule has 1 aliphatic heterocycles. The van der Waals surface area contributed by atoms with Crippen LogP contribution in [0.4, 0.5) is 15.9 Å². The lowest BCUT2D eigenvalue weighted by Crippen LogP contribution is -2.63. The van der Waals surface area contributed by atoms with Gasteiger partial charge in [-0.05, 0) is 37.1 Å². The summed E-state index contributed by atoms with van der Waals surface area (Å²) in [4.78, 5) is 22.2. The summed E-state index contributed by atoms with van der Waals surface area (Å²) in [6, 6.07) is 10.2. The summed E-state index contributed by atoms with van der Waals surface area (Å²) < 4.78 is 18.9. The Kier molecular flexibility index (Phi) is 6.18. The maximum Gasteiger partial charge on any atom is 0.246 e. The number of ether oxygens (including phenoxy) is 1. The van der Waals surface area contributed by atoms with Gasteiger partial charge in [0.25, 0.3) is 0 Å². The molecule has 2 fully saturated rings. The first-order valence-electron chi connectivity index (χ1n) is 10.7. The minimum Gasteiger partial charge on any atom is -0.494 e. The zero-order valence-corrected chi connectivity index (χ0v) is 17.4. The predicted molar refractivity (Wildman–Crippen MR) is 115 cm³/mol. The highest BCUT2D eigenvalue weighted by atomic mass is 19.1. The van der Waals surface area contributed by atoms with Crippen molar-refractivity contribution in [2.45, 2.75) is 37.6 Å². The number of rotatable bonds is 5. The van der Waals surface area contributed by atoms with Crippen LogP contribution in [0.1, 0.15) is 32.1 Å². The van der Waals surface area contributed by atoms with E-state index in [4.69, 9.17) is 4.74 Å². The van der Waals surface area contributed by atoms with E-state index in [9.17, 15) is 9.18 Å². The average Bonchev–Trinajstić information content (AvgIpc) is 2.80. The Morgan fingerprint density at radius 2 is 1.87 bits per heavy atom. The normalized spacial score (nSPS) is 19.3. The van der Waals surface area contributed by atoms with Crippen molar-refractivity contribution in [1.29, 1.82) is 0 Å². The molecule has 7 heteroatoms. The number of amides is 1. The molecular weight excluding hydrogens is 383 g/mol. The Bertz CT molecular complexity index is 863. The molecule has 6 nitrogen and oxygen atoms in total. The summed E-state index contributed by atoms with van der Waals surface area (Å²) in [5.41, 5.74) is 0.406. The molecule has 0 spiro atoms. The van der Waals surface area contributed by atoms with Crippen LogP contribution in [0.2, 0.25) is 0 Å². The SMILES string of the molecule is COc1cc(F)ccc1N1CCN(C2(C(=O)Nc3ccccn3)CCCCC2)CC1. The van der Waals surface area contributed by atoms with Crippen LogP contribution in [0.5, 0.6) is 5.75 Å².